The van der Waals surface area contributed by atoms with E-state index in [0.29, 0.717) is 0 Å². The van der Waals surface area contributed by atoms with Gasteiger partial charge in [-0.05, 0) is 26.2 Å². The second kappa shape index (κ2) is 3.11. The summed E-state index contributed by atoms with van der Waals surface area (Å²) >= 11 is 0. The zero-order chi connectivity index (χ0) is 8.48. The van der Waals surface area contributed by atoms with Crippen LogP contribution in [0.1, 0.15) is 33.1 Å². The molecule has 1 N–H and O–H groups in total. The van der Waals surface area contributed by atoms with E-state index in [2.05, 4.69) is 0 Å². The first-order chi connectivity index (χ1) is 5.06. The van der Waals surface area contributed by atoms with Crippen LogP contribution < -0.4 is 0 Å². The largest absolute Gasteiger partial charge is 0.387 e. The number of methoxy groups -OCH3 is 1. The zero-order valence-electron chi connectivity index (χ0n) is 7.63. The van der Waals surface area contributed by atoms with Crippen molar-refractivity contribution >= 4 is 0 Å². The highest BCUT2D eigenvalue weighted by molar-refractivity contribution is 4.87. The molecule has 0 aromatic carbocycles. The lowest BCUT2D eigenvalue weighted by atomic mass is 9.93. The lowest BCUT2D eigenvalue weighted by Crippen LogP contribution is -2.38. The van der Waals surface area contributed by atoms with Crippen LogP contribution in [0, 0.1) is 5.92 Å². The van der Waals surface area contributed by atoms with E-state index in [1.54, 1.807) is 7.11 Å². The number of hydrogen-bond acceptors (Lipinski definition) is 2. The van der Waals surface area contributed by atoms with Crippen LogP contribution in [0.25, 0.3) is 0 Å². The van der Waals surface area contributed by atoms with Crippen LogP contribution in [-0.2, 0) is 4.74 Å². The molecule has 0 spiro atoms. The Morgan fingerprint density at radius 2 is 2.18 bits per heavy atom. The molecule has 2 atom stereocenters. The predicted octanol–water partition coefficient (Wildman–Crippen LogP) is 1.57. The number of ether oxygens (including phenoxy) is 1. The fourth-order valence-corrected chi connectivity index (χ4v) is 1.33. The summed E-state index contributed by atoms with van der Waals surface area (Å²) in [6, 6.07) is 0. The van der Waals surface area contributed by atoms with Gasteiger partial charge in [-0.2, -0.15) is 0 Å². The average molecular weight is 158 g/mol. The Balaban J connectivity index is 2.35. The molecule has 1 saturated carbocycles. The first-order valence-electron chi connectivity index (χ1n) is 4.31. The van der Waals surface area contributed by atoms with Crippen LogP contribution in [0.15, 0.2) is 0 Å². The molecule has 1 fully saturated rings. The summed E-state index contributed by atoms with van der Waals surface area (Å²) in [4.78, 5) is 0. The SMILES string of the molecule is COC(C)C(C)(O)CC1CC1. The van der Waals surface area contributed by atoms with Gasteiger partial charge in [0.1, 0.15) is 0 Å². The third-order valence-corrected chi connectivity index (χ3v) is 2.63. The molecule has 0 aromatic heterocycles. The van der Waals surface area contributed by atoms with E-state index in [1.165, 1.54) is 12.8 Å². The second-order valence-electron chi connectivity index (χ2n) is 3.88. The van der Waals surface area contributed by atoms with E-state index in [9.17, 15) is 5.11 Å². The maximum Gasteiger partial charge on any atom is 0.0880 e. The van der Waals surface area contributed by atoms with Crippen LogP contribution >= 0.6 is 0 Å². The highest BCUT2D eigenvalue weighted by atomic mass is 16.5. The molecule has 2 unspecified atom stereocenters. The van der Waals surface area contributed by atoms with Gasteiger partial charge >= 0.3 is 0 Å². The van der Waals surface area contributed by atoms with Crippen LogP contribution in [0.3, 0.4) is 0 Å². The lowest BCUT2D eigenvalue weighted by molar-refractivity contribution is -0.0798. The molecule has 11 heavy (non-hydrogen) atoms. The predicted molar refractivity (Wildman–Crippen MR) is 44.4 cm³/mol. The highest BCUT2D eigenvalue weighted by Gasteiger charge is 2.35. The average Bonchev–Trinajstić information content (AvgIpc) is 2.69. The van der Waals surface area contributed by atoms with Crippen LogP contribution in [0.4, 0.5) is 0 Å². The summed E-state index contributed by atoms with van der Waals surface area (Å²) in [5, 5.41) is 9.87. The van der Waals surface area contributed by atoms with Crippen molar-refractivity contribution in [3.8, 4) is 0 Å². The van der Waals surface area contributed by atoms with E-state index < -0.39 is 5.60 Å². The molecular formula is C9H18O2. The third kappa shape index (κ3) is 2.46. The summed E-state index contributed by atoms with van der Waals surface area (Å²) in [5.74, 6) is 0.752. The van der Waals surface area contributed by atoms with Gasteiger partial charge in [-0.3, -0.25) is 0 Å². The summed E-state index contributed by atoms with van der Waals surface area (Å²) in [5.41, 5.74) is -0.629. The van der Waals surface area contributed by atoms with Gasteiger partial charge in [0.05, 0.1) is 11.7 Å². The minimum absolute atomic E-state index is 0.0527. The fourth-order valence-electron chi connectivity index (χ4n) is 1.33. The zero-order valence-corrected chi connectivity index (χ0v) is 7.63. The summed E-state index contributed by atoms with van der Waals surface area (Å²) in [7, 11) is 1.64. The Bertz CT molecular complexity index is 128. The Hall–Kier alpha value is -0.0800. The summed E-state index contributed by atoms with van der Waals surface area (Å²) in [6.07, 6.45) is 3.41. The molecule has 1 aliphatic carbocycles. The maximum atomic E-state index is 9.87. The van der Waals surface area contributed by atoms with E-state index >= 15 is 0 Å². The third-order valence-electron chi connectivity index (χ3n) is 2.63. The van der Waals surface area contributed by atoms with Crippen LogP contribution in [0.5, 0.6) is 0 Å². The maximum absolute atomic E-state index is 9.87. The van der Waals surface area contributed by atoms with Crippen molar-refractivity contribution in [3.63, 3.8) is 0 Å². The molecule has 0 aliphatic heterocycles. The molecule has 0 heterocycles. The minimum atomic E-state index is -0.629. The molecule has 0 radical (unpaired) electrons. The standard InChI is InChI=1S/C9H18O2/c1-7(11-3)9(2,10)6-8-4-5-8/h7-8,10H,4-6H2,1-3H3. The second-order valence-corrected chi connectivity index (χ2v) is 3.88. The smallest absolute Gasteiger partial charge is 0.0880 e. The molecule has 0 saturated heterocycles. The van der Waals surface area contributed by atoms with Gasteiger partial charge in [-0.15, -0.1) is 0 Å². The number of hydrogen-bond donors (Lipinski definition) is 1. The fraction of sp³-hybridized carbons (Fsp3) is 1.00. The molecule has 0 amide bonds. The monoisotopic (exact) mass is 158 g/mol. The van der Waals surface area contributed by atoms with Gasteiger partial charge in [0.15, 0.2) is 0 Å². The Kier molecular flexibility index (Phi) is 2.55. The van der Waals surface area contributed by atoms with Crippen molar-refractivity contribution in [3.05, 3.63) is 0 Å². The Morgan fingerprint density at radius 3 is 2.55 bits per heavy atom. The first-order valence-corrected chi connectivity index (χ1v) is 4.31. The number of rotatable bonds is 4. The van der Waals surface area contributed by atoms with Crippen molar-refractivity contribution in [1.29, 1.82) is 0 Å². The molecule has 66 valence electrons. The Labute approximate surface area is 68.6 Å². The van der Waals surface area contributed by atoms with Crippen LogP contribution in [0.2, 0.25) is 0 Å². The molecule has 0 aromatic rings. The van der Waals surface area contributed by atoms with Gasteiger partial charge in [-0.1, -0.05) is 12.8 Å². The summed E-state index contributed by atoms with van der Waals surface area (Å²) < 4.78 is 5.09. The van der Waals surface area contributed by atoms with Gasteiger partial charge in [0.2, 0.25) is 0 Å². The van der Waals surface area contributed by atoms with Crippen LogP contribution in [-0.4, -0.2) is 23.9 Å². The first kappa shape index (κ1) is 9.01. The topological polar surface area (TPSA) is 29.5 Å². The minimum Gasteiger partial charge on any atom is -0.387 e. The van der Waals surface area contributed by atoms with Gasteiger partial charge in [-0.25, -0.2) is 0 Å². The van der Waals surface area contributed by atoms with Crippen molar-refractivity contribution in [2.24, 2.45) is 5.92 Å². The van der Waals surface area contributed by atoms with E-state index in [-0.39, 0.29) is 6.10 Å². The molecule has 2 heteroatoms. The molecule has 2 nitrogen and oxygen atoms in total. The van der Waals surface area contributed by atoms with Crippen molar-refractivity contribution in [2.45, 2.75) is 44.8 Å². The molecule has 0 bridgehead atoms. The van der Waals surface area contributed by atoms with E-state index in [4.69, 9.17) is 4.74 Å². The number of aliphatic hydroxyl groups is 1. The molecule has 1 aliphatic rings. The van der Waals surface area contributed by atoms with Gasteiger partial charge in [0.25, 0.3) is 0 Å². The lowest BCUT2D eigenvalue weighted by Gasteiger charge is -2.29. The molecule has 1 rings (SSSR count). The van der Waals surface area contributed by atoms with Gasteiger partial charge in [0, 0.05) is 7.11 Å². The molecular weight excluding hydrogens is 140 g/mol. The Morgan fingerprint density at radius 1 is 1.64 bits per heavy atom. The van der Waals surface area contributed by atoms with Crippen molar-refractivity contribution in [1.82, 2.24) is 0 Å². The highest BCUT2D eigenvalue weighted by Crippen LogP contribution is 2.38. The van der Waals surface area contributed by atoms with E-state index in [1.807, 2.05) is 13.8 Å². The van der Waals surface area contributed by atoms with Gasteiger partial charge < -0.3 is 9.84 Å². The van der Waals surface area contributed by atoms with Crippen molar-refractivity contribution < 1.29 is 9.84 Å². The quantitative estimate of drug-likeness (QED) is 0.673. The van der Waals surface area contributed by atoms with Crippen molar-refractivity contribution in [2.75, 3.05) is 7.11 Å². The van der Waals surface area contributed by atoms with E-state index in [0.717, 1.165) is 12.3 Å². The summed E-state index contributed by atoms with van der Waals surface area (Å²) in [6.45, 7) is 3.78. The normalized spacial score (nSPS) is 26.2.